The van der Waals surface area contributed by atoms with Crippen molar-refractivity contribution in [2.75, 3.05) is 18.7 Å². The number of alkyl halides is 2. The number of sulfone groups is 1. The second-order valence-electron chi connectivity index (χ2n) is 5.11. The molecule has 0 spiro atoms. The summed E-state index contributed by atoms with van der Waals surface area (Å²) < 4.78 is 57.4. The van der Waals surface area contributed by atoms with Crippen LogP contribution in [0.3, 0.4) is 0 Å². The first-order valence-electron chi connectivity index (χ1n) is 7.05. The zero-order valence-electron chi connectivity index (χ0n) is 13.6. The summed E-state index contributed by atoms with van der Waals surface area (Å²) in [5.41, 5.74) is 0.0500. The largest absolute Gasteiger partial charge is 0.493 e. The van der Waals surface area contributed by atoms with Gasteiger partial charge in [-0.2, -0.15) is 8.78 Å². The summed E-state index contributed by atoms with van der Waals surface area (Å²) in [7, 11) is -2.26. The van der Waals surface area contributed by atoms with Gasteiger partial charge < -0.3 is 14.8 Å². The van der Waals surface area contributed by atoms with Crippen molar-refractivity contribution >= 4 is 33.0 Å². The van der Waals surface area contributed by atoms with Crippen LogP contribution in [0.4, 0.5) is 14.5 Å². The summed E-state index contributed by atoms with van der Waals surface area (Å²) in [5, 5.41) is 2.48. The van der Waals surface area contributed by atoms with E-state index in [4.69, 9.17) is 16.3 Å². The third-order valence-electron chi connectivity index (χ3n) is 3.25. The molecule has 0 bridgehead atoms. The molecule has 0 saturated carbocycles. The lowest BCUT2D eigenvalue weighted by molar-refractivity contribution is -0.0511. The number of anilines is 1. The Hall–Kier alpha value is -2.39. The topological polar surface area (TPSA) is 81.7 Å². The van der Waals surface area contributed by atoms with Crippen LogP contribution >= 0.6 is 11.6 Å². The van der Waals surface area contributed by atoms with Gasteiger partial charge in [0.2, 0.25) is 0 Å². The van der Waals surface area contributed by atoms with Gasteiger partial charge in [0.05, 0.1) is 22.6 Å². The molecule has 2 rings (SSSR count). The highest BCUT2D eigenvalue weighted by Crippen LogP contribution is 2.32. The Labute approximate surface area is 153 Å². The van der Waals surface area contributed by atoms with E-state index in [0.717, 1.165) is 18.4 Å². The molecule has 2 aromatic carbocycles. The third-order valence-corrected chi connectivity index (χ3v) is 4.69. The van der Waals surface area contributed by atoms with Crippen LogP contribution in [0.25, 0.3) is 0 Å². The molecule has 0 fully saturated rings. The number of amides is 1. The molecule has 1 N–H and O–H groups in total. The fourth-order valence-electron chi connectivity index (χ4n) is 2.05. The predicted molar refractivity (Wildman–Crippen MR) is 92.1 cm³/mol. The minimum absolute atomic E-state index is 0.0347. The van der Waals surface area contributed by atoms with Crippen molar-refractivity contribution in [2.45, 2.75) is 11.5 Å². The molecule has 10 heteroatoms. The first-order valence-corrected chi connectivity index (χ1v) is 9.32. The SMILES string of the molecule is COc1ccc(NC(=O)c2cc(S(C)(=O)=O)ccc2Cl)cc1OC(F)F. The van der Waals surface area contributed by atoms with Crippen molar-refractivity contribution in [3.8, 4) is 11.5 Å². The number of benzene rings is 2. The molecule has 26 heavy (non-hydrogen) atoms. The van der Waals surface area contributed by atoms with Gasteiger partial charge in [0.1, 0.15) is 0 Å². The average Bonchev–Trinajstić information content (AvgIpc) is 2.53. The van der Waals surface area contributed by atoms with E-state index < -0.39 is 22.4 Å². The summed E-state index contributed by atoms with van der Waals surface area (Å²) in [6, 6.07) is 7.58. The molecule has 0 saturated heterocycles. The van der Waals surface area contributed by atoms with Crippen molar-refractivity contribution in [3.05, 3.63) is 47.0 Å². The van der Waals surface area contributed by atoms with Crippen LogP contribution in [-0.2, 0) is 9.84 Å². The van der Waals surface area contributed by atoms with Crippen molar-refractivity contribution in [2.24, 2.45) is 0 Å². The standard InChI is InChI=1S/C16H14ClF2NO5S/c1-24-13-6-3-9(7-14(13)25-16(18)19)20-15(21)11-8-10(26(2,22)23)4-5-12(11)17/h3-8,16H,1-2H3,(H,20,21). The van der Waals surface area contributed by atoms with Gasteiger partial charge in [-0.1, -0.05) is 11.6 Å². The van der Waals surface area contributed by atoms with Crippen LogP contribution in [0.15, 0.2) is 41.3 Å². The molecular formula is C16H14ClF2NO5S. The maximum absolute atomic E-state index is 12.5. The Morgan fingerprint density at radius 1 is 1.15 bits per heavy atom. The number of hydrogen-bond acceptors (Lipinski definition) is 5. The number of ether oxygens (including phenoxy) is 2. The minimum atomic E-state index is -3.54. The molecule has 140 valence electrons. The van der Waals surface area contributed by atoms with Crippen LogP contribution in [-0.4, -0.2) is 34.3 Å². The molecule has 0 heterocycles. The molecular weight excluding hydrogens is 392 g/mol. The first-order chi connectivity index (χ1) is 12.1. The van der Waals surface area contributed by atoms with E-state index in [0.29, 0.717) is 0 Å². The van der Waals surface area contributed by atoms with E-state index in [1.54, 1.807) is 0 Å². The Morgan fingerprint density at radius 3 is 2.42 bits per heavy atom. The van der Waals surface area contributed by atoms with Gasteiger partial charge >= 0.3 is 6.61 Å². The van der Waals surface area contributed by atoms with Crippen LogP contribution < -0.4 is 14.8 Å². The van der Waals surface area contributed by atoms with Crippen molar-refractivity contribution in [1.29, 1.82) is 0 Å². The van der Waals surface area contributed by atoms with Crippen molar-refractivity contribution < 1.29 is 31.5 Å². The van der Waals surface area contributed by atoms with E-state index >= 15 is 0 Å². The third kappa shape index (κ3) is 4.83. The molecule has 0 aliphatic carbocycles. The van der Waals surface area contributed by atoms with Gasteiger partial charge in [0, 0.05) is 18.0 Å². The number of rotatable bonds is 6. The van der Waals surface area contributed by atoms with E-state index in [1.165, 1.54) is 31.4 Å². The van der Waals surface area contributed by atoms with Gasteiger partial charge in [0.15, 0.2) is 21.3 Å². The Bertz CT molecular complexity index is 934. The Kier molecular flexibility index (Phi) is 6.04. The second kappa shape index (κ2) is 7.88. The number of carbonyl (C=O) groups excluding carboxylic acids is 1. The Morgan fingerprint density at radius 2 is 1.85 bits per heavy atom. The number of hydrogen-bond donors (Lipinski definition) is 1. The van der Waals surface area contributed by atoms with Crippen LogP contribution in [0, 0.1) is 0 Å². The van der Waals surface area contributed by atoms with Gasteiger partial charge in [0.25, 0.3) is 5.91 Å². The van der Waals surface area contributed by atoms with Gasteiger partial charge in [-0.15, -0.1) is 0 Å². The number of methoxy groups -OCH3 is 1. The lowest BCUT2D eigenvalue weighted by Gasteiger charge is -2.13. The zero-order chi connectivity index (χ0) is 19.5. The van der Waals surface area contributed by atoms with Gasteiger partial charge in [-0.25, -0.2) is 8.42 Å². The first kappa shape index (κ1) is 19.9. The van der Waals surface area contributed by atoms with E-state index in [-0.39, 0.29) is 32.7 Å². The highest BCUT2D eigenvalue weighted by Gasteiger charge is 2.17. The second-order valence-corrected chi connectivity index (χ2v) is 7.54. The fourth-order valence-corrected chi connectivity index (χ4v) is 2.90. The molecule has 0 atom stereocenters. The quantitative estimate of drug-likeness (QED) is 0.794. The maximum Gasteiger partial charge on any atom is 0.387 e. The highest BCUT2D eigenvalue weighted by atomic mass is 35.5. The lowest BCUT2D eigenvalue weighted by Crippen LogP contribution is -2.14. The van der Waals surface area contributed by atoms with Crippen LogP contribution in [0.1, 0.15) is 10.4 Å². The summed E-state index contributed by atoms with van der Waals surface area (Å²) in [6.45, 7) is -3.07. The molecule has 6 nitrogen and oxygen atoms in total. The van der Waals surface area contributed by atoms with Crippen molar-refractivity contribution in [3.63, 3.8) is 0 Å². The summed E-state index contributed by atoms with van der Waals surface area (Å²) in [5.74, 6) is -0.926. The van der Waals surface area contributed by atoms with E-state index in [9.17, 15) is 22.0 Å². The number of nitrogens with one attached hydrogen (secondary N) is 1. The number of carbonyl (C=O) groups is 1. The molecule has 1 amide bonds. The molecule has 0 aromatic heterocycles. The zero-order valence-corrected chi connectivity index (χ0v) is 15.2. The molecule has 2 aromatic rings. The van der Waals surface area contributed by atoms with Gasteiger partial charge in [-0.05, 0) is 30.3 Å². The van der Waals surface area contributed by atoms with Crippen LogP contribution in [0.2, 0.25) is 5.02 Å². The predicted octanol–water partition coefficient (Wildman–Crippen LogP) is 3.61. The maximum atomic E-state index is 12.5. The highest BCUT2D eigenvalue weighted by molar-refractivity contribution is 7.90. The fraction of sp³-hybridized carbons (Fsp3) is 0.188. The summed E-state index contributed by atoms with van der Waals surface area (Å²) in [6.07, 6.45) is 0.995. The van der Waals surface area contributed by atoms with E-state index in [2.05, 4.69) is 10.1 Å². The lowest BCUT2D eigenvalue weighted by atomic mass is 10.2. The molecule has 0 unspecified atom stereocenters. The Balaban J connectivity index is 2.33. The average molecular weight is 406 g/mol. The van der Waals surface area contributed by atoms with Gasteiger partial charge in [-0.3, -0.25) is 4.79 Å². The van der Waals surface area contributed by atoms with E-state index in [1.807, 2.05) is 0 Å². The monoisotopic (exact) mass is 405 g/mol. The van der Waals surface area contributed by atoms with Crippen LogP contribution in [0.5, 0.6) is 11.5 Å². The van der Waals surface area contributed by atoms with Crippen molar-refractivity contribution in [1.82, 2.24) is 0 Å². The summed E-state index contributed by atoms with van der Waals surface area (Å²) in [4.78, 5) is 12.3. The summed E-state index contributed by atoms with van der Waals surface area (Å²) >= 11 is 5.96. The molecule has 0 aliphatic heterocycles. The molecule has 0 aliphatic rings. The minimum Gasteiger partial charge on any atom is -0.493 e. The normalized spacial score (nSPS) is 11.3. The smallest absolute Gasteiger partial charge is 0.387 e. The number of halogens is 3. The molecule has 0 radical (unpaired) electrons.